The number of unbranched alkanes of at least 4 members (excludes halogenated alkanes) is 2. The highest BCUT2D eigenvalue weighted by Gasteiger charge is 2.16. The molecular formula is C19H24N4O5S. The van der Waals surface area contributed by atoms with Gasteiger partial charge in [0.15, 0.2) is 5.52 Å². The Balaban J connectivity index is 1.81. The molecule has 2 heterocycles. The summed E-state index contributed by atoms with van der Waals surface area (Å²) in [5.41, 5.74) is 0.917. The number of H-pyrrole nitrogens is 1. The number of rotatable bonds is 10. The molecule has 2 N–H and O–H groups in total. The molecule has 29 heavy (non-hydrogen) atoms. The molecule has 0 spiro atoms. The topological polar surface area (TPSA) is 119 Å². The van der Waals surface area contributed by atoms with Gasteiger partial charge in [0.2, 0.25) is 0 Å². The van der Waals surface area contributed by atoms with Crippen molar-refractivity contribution in [3.05, 3.63) is 62.6 Å². The Hall–Kier alpha value is -2.56. The molecule has 1 atom stereocenters. The minimum absolute atomic E-state index is 0.150. The largest absolute Gasteiger partial charge is 0.330 e. The van der Waals surface area contributed by atoms with Crippen LogP contribution in [0, 0.1) is 0 Å². The van der Waals surface area contributed by atoms with E-state index < -0.39 is 22.6 Å². The van der Waals surface area contributed by atoms with Crippen molar-refractivity contribution in [2.24, 2.45) is 0 Å². The lowest BCUT2D eigenvalue weighted by Crippen LogP contribution is -2.35. The first-order valence-corrected chi connectivity index (χ1v) is 10.5. The van der Waals surface area contributed by atoms with E-state index in [0.29, 0.717) is 37.9 Å². The maximum atomic E-state index is 12.9. The number of benzene rings is 1. The maximum Gasteiger partial charge on any atom is 0.330 e. The van der Waals surface area contributed by atoms with Crippen LogP contribution in [0.1, 0.15) is 37.6 Å². The maximum absolute atomic E-state index is 12.9. The summed E-state index contributed by atoms with van der Waals surface area (Å²) in [7, 11) is 0. The van der Waals surface area contributed by atoms with Gasteiger partial charge in [0.05, 0.1) is 6.61 Å². The average Bonchev–Trinajstić information content (AvgIpc) is 3.04. The average molecular weight is 420 g/mol. The van der Waals surface area contributed by atoms with E-state index in [9.17, 15) is 13.8 Å². The van der Waals surface area contributed by atoms with Gasteiger partial charge in [0, 0.05) is 19.5 Å². The van der Waals surface area contributed by atoms with Crippen molar-refractivity contribution < 1.29 is 12.9 Å². The molecular weight excluding hydrogens is 396 g/mol. The number of hydrogen-bond acceptors (Lipinski definition) is 5. The molecule has 3 rings (SSSR count). The fraction of sp³-hybridized carbons (Fsp3) is 0.421. The molecule has 0 radical (unpaired) electrons. The fourth-order valence-electron chi connectivity index (χ4n) is 3.30. The van der Waals surface area contributed by atoms with Crippen molar-refractivity contribution in [3.8, 4) is 0 Å². The summed E-state index contributed by atoms with van der Waals surface area (Å²) in [6.07, 6.45) is 2.36. The van der Waals surface area contributed by atoms with Crippen LogP contribution in [-0.2, 0) is 35.1 Å². The number of nitrogens with one attached hydrogen (secondary N) is 1. The van der Waals surface area contributed by atoms with E-state index in [1.165, 1.54) is 0 Å². The summed E-state index contributed by atoms with van der Waals surface area (Å²) in [6.45, 7) is 2.93. The zero-order valence-corrected chi connectivity index (χ0v) is 17.0. The first kappa shape index (κ1) is 21.2. The predicted molar refractivity (Wildman–Crippen MR) is 110 cm³/mol. The van der Waals surface area contributed by atoms with E-state index >= 15 is 0 Å². The molecule has 0 saturated carbocycles. The summed E-state index contributed by atoms with van der Waals surface area (Å²) in [4.78, 5) is 32.7. The van der Waals surface area contributed by atoms with Crippen LogP contribution < -0.4 is 11.2 Å². The van der Waals surface area contributed by atoms with E-state index in [-0.39, 0.29) is 18.7 Å². The minimum Gasteiger partial charge on any atom is -0.314 e. The highest BCUT2D eigenvalue weighted by Crippen LogP contribution is 2.14. The fourth-order valence-corrected chi connectivity index (χ4v) is 3.56. The predicted octanol–water partition coefficient (Wildman–Crippen LogP) is 1.82. The van der Waals surface area contributed by atoms with E-state index in [0.717, 1.165) is 16.0 Å². The molecule has 0 aliphatic rings. The van der Waals surface area contributed by atoms with E-state index in [1.807, 2.05) is 41.8 Å². The van der Waals surface area contributed by atoms with Crippen molar-refractivity contribution in [1.29, 1.82) is 0 Å². The van der Waals surface area contributed by atoms with E-state index in [2.05, 4.69) is 14.2 Å². The third-order valence-electron chi connectivity index (χ3n) is 4.70. The lowest BCUT2D eigenvalue weighted by molar-refractivity contribution is 0.295. The Morgan fingerprint density at radius 3 is 2.59 bits per heavy atom. The van der Waals surface area contributed by atoms with Gasteiger partial charge in [-0.1, -0.05) is 30.3 Å². The van der Waals surface area contributed by atoms with Crippen LogP contribution >= 0.6 is 0 Å². The van der Waals surface area contributed by atoms with Crippen molar-refractivity contribution in [2.45, 2.75) is 45.7 Å². The molecule has 0 bridgehead atoms. The second kappa shape index (κ2) is 9.77. The number of aryl methyl sites for hydroxylation is 1. The molecule has 10 heteroatoms. The highest BCUT2D eigenvalue weighted by atomic mass is 32.2. The van der Waals surface area contributed by atoms with Gasteiger partial charge in [0.25, 0.3) is 5.56 Å². The summed E-state index contributed by atoms with van der Waals surface area (Å²) in [5, 5.41) is 0. The van der Waals surface area contributed by atoms with Crippen molar-refractivity contribution in [1.82, 2.24) is 19.1 Å². The first-order valence-electron chi connectivity index (χ1n) is 9.51. The second-order valence-corrected chi connectivity index (χ2v) is 7.29. The van der Waals surface area contributed by atoms with Crippen molar-refractivity contribution >= 4 is 22.5 Å². The van der Waals surface area contributed by atoms with Gasteiger partial charge in [-0.25, -0.2) is 9.78 Å². The lowest BCUT2D eigenvalue weighted by atomic mass is 10.1. The number of aromatic nitrogens is 4. The van der Waals surface area contributed by atoms with Gasteiger partial charge in [0.1, 0.15) is 11.5 Å². The van der Waals surface area contributed by atoms with Crippen LogP contribution in [-0.4, -0.2) is 34.5 Å². The molecule has 2 aromatic heterocycles. The Kier molecular flexibility index (Phi) is 7.13. The molecule has 0 fully saturated rings. The van der Waals surface area contributed by atoms with Crippen LogP contribution in [0.5, 0.6) is 0 Å². The van der Waals surface area contributed by atoms with E-state index in [1.54, 1.807) is 0 Å². The van der Waals surface area contributed by atoms with Gasteiger partial charge in [-0.3, -0.25) is 23.1 Å². The minimum atomic E-state index is -2.27. The molecule has 1 unspecified atom stereocenters. The molecule has 0 aliphatic heterocycles. The third-order valence-corrected chi connectivity index (χ3v) is 5.06. The number of hydrogen-bond donors (Lipinski definition) is 2. The Bertz CT molecular complexity index is 1100. The summed E-state index contributed by atoms with van der Waals surface area (Å²) in [6, 6.07) is 9.84. The Labute approximate surface area is 169 Å². The summed E-state index contributed by atoms with van der Waals surface area (Å²) < 4.78 is 26.6. The number of nitrogens with zero attached hydrogens (tertiary/aromatic N) is 3. The van der Waals surface area contributed by atoms with Crippen LogP contribution in [0.4, 0.5) is 0 Å². The molecule has 9 nitrogen and oxygen atoms in total. The Morgan fingerprint density at radius 1 is 1.14 bits per heavy atom. The molecule has 0 aliphatic carbocycles. The van der Waals surface area contributed by atoms with Gasteiger partial charge >= 0.3 is 17.1 Å². The summed E-state index contributed by atoms with van der Waals surface area (Å²) >= 11 is -2.27. The van der Waals surface area contributed by atoms with Crippen molar-refractivity contribution in [3.63, 3.8) is 0 Å². The highest BCUT2D eigenvalue weighted by molar-refractivity contribution is 7.74. The molecule has 1 aromatic carbocycles. The SMILES string of the molecule is CCn1c(Cc2ccccc2)nc2c(=O)n(CCCCCOS(=O)O)c(=O)[nH]c21. The monoisotopic (exact) mass is 420 g/mol. The second-order valence-electron chi connectivity index (χ2n) is 6.62. The van der Waals surface area contributed by atoms with Crippen LogP contribution in [0.3, 0.4) is 0 Å². The number of fused-ring (bicyclic) bond motifs is 1. The van der Waals surface area contributed by atoms with Gasteiger partial charge in [-0.15, -0.1) is 0 Å². The number of aromatic amines is 1. The molecule has 3 aromatic rings. The van der Waals surface area contributed by atoms with Gasteiger partial charge in [-0.05, 0) is 31.7 Å². The molecule has 156 valence electrons. The lowest BCUT2D eigenvalue weighted by Gasteiger charge is -2.07. The van der Waals surface area contributed by atoms with Gasteiger partial charge < -0.3 is 4.57 Å². The Morgan fingerprint density at radius 2 is 1.90 bits per heavy atom. The molecule has 0 saturated heterocycles. The van der Waals surface area contributed by atoms with Crippen LogP contribution in [0.15, 0.2) is 39.9 Å². The van der Waals surface area contributed by atoms with Crippen LogP contribution in [0.25, 0.3) is 11.2 Å². The van der Waals surface area contributed by atoms with Crippen LogP contribution in [0.2, 0.25) is 0 Å². The molecule has 0 amide bonds. The normalized spacial score (nSPS) is 12.5. The smallest absolute Gasteiger partial charge is 0.314 e. The summed E-state index contributed by atoms with van der Waals surface area (Å²) in [5.74, 6) is 0.730. The first-order chi connectivity index (χ1) is 14.0. The standard InChI is InChI=1S/C19H24N4O5S/c1-2-22-15(13-14-9-5-3-6-10-14)20-16-17(22)21-19(25)23(18(16)24)11-7-4-8-12-28-29(26)27/h3,5-6,9-10H,2,4,7-8,11-13H2,1H3,(H,21,25)(H,26,27). The number of imidazole rings is 1. The van der Waals surface area contributed by atoms with Crippen molar-refractivity contribution in [2.75, 3.05) is 6.61 Å². The quantitative estimate of drug-likeness (QED) is 0.381. The van der Waals surface area contributed by atoms with Gasteiger partial charge in [-0.2, -0.15) is 4.21 Å². The zero-order chi connectivity index (χ0) is 20.8. The zero-order valence-electron chi connectivity index (χ0n) is 16.2. The van der Waals surface area contributed by atoms with E-state index in [4.69, 9.17) is 4.55 Å². The third kappa shape index (κ3) is 5.08.